The molecule has 0 radical (unpaired) electrons. The first-order chi connectivity index (χ1) is 6.74. The number of hydrogen-bond acceptors (Lipinski definition) is 2. The molecule has 0 fully saturated rings. The van der Waals surface area contributed by atoms with Gasteiger partial charge >= 0.3 is 0 Å². The second-order valence-corrected chi connectivity index (χ2v) is 3.30. The molecule has 2 N–H and O–H groups in total. The number of unbranched alkanes of at least 4 members (excludes halogenated alkanes) is 1. The van der Waals surface area contributed by atoms with E-state index in [0.29, 0.717) is 0 Å². The van der Waals surface area contributed by atoms with Crippen LogP contribution in [0.4, 0.5) is 5.69 Å². The Morgan fingerprint density at radius 2 is 2.29 bits per heavy atom. The summed E-state index contributed by atoms with van der Waals surface area (Å²) >= 11 is 0. The third-order valence-electron chi connectivity index (χ3n) is 2.01. The number of allylic oxidation sites excluding steroid dienone is 1. The van der Waals surface area contributed by atoms with Gasteiger partial charge in [0.05, 0.1) is 6.61 Å². The van der Waals surface area contributed by atoms with Gasteiger partial charge in [0.2, 0.25) is 0 Å². The van der Waals surface area contributed by atoms with Crippen LogP contribution in [0.3, 0.4) is 0 Å². The fourth-order valence-electron chi connectivity index (χ4n) is 1.24. The highest BCUT2D eigenvalue weighted by molar-refractivity contribution is 5.47. The molecule has 14 heavy (non-hydrogen) atoms. The molecule has 0 aliphatic heterocycles. The van der Waals surface area contributed by atoms with Crippen molar-refractivity contribution in [2.24, 2.45) is 0 Å². The van der Waals surface area contributed by atoms with E-state index in [9.17, 15) is 0 Å². The standard InChI is InChI=1S/C12H17NO/c1-3-4-5-8-14-12-7-6-11(13)9-10(12)2/h3,6-7,9H,1,4-5,8,13H2,2H3. The first-order valence-electron chi connectivity index (χ1n) is 4.84. The SMILES string of the molecule is C=CCCCOc1ccc(N)cc1C. The van der Waals surface area contributed by atoms with E-state index in [2.05, 4.69) is 6.58 Å². The Morgan fingerprint density at radius 1 is 1.50 bits per heavy atom. The summed E-state index contributed by atoms with van der Waals surface area (Å²) < 4.78 is 5.59. The molecule has 1 aromatic rings. The minimum atomic E-state index is 0.733. The normalized spacial score (nSPS) is 9.79. The lowest BCUT2D eigenvalue weighted by Crippen LogP contribution is -1.98. The number of benzene rings is 1. The Labute approximate surface area is 85.4 Å². The summed E-state index contributed by atoms with van der Waals surface area (Å²) in [4.78, 5) is 0. The Kier molecular flexibility index (Phi) is 4.05. The van der Waals surface area contributed by atoms with Gasteiger partial charge in [-0.05, 0) is 43.5 Å². The van der Waals surface area contributed by atoms with Crippen molar-refractivity contribution < 1.29 is 4.74 Å². The van der Waals surface area contributed by atoms with Gasteiger partial charge in [-0.1, -0.05) is 6.08 Å². The maximum Gasteiger partial charge on any atom is 0.122 e. The van der Waals surface area contributed by atoms with Crippen molar-refractivity contribution in [3.05, 3.63) is 36.4 Å². The van der Waals surface area contributed by atoms with Crippen LogP contribution >= 0.6 is 0 Å². The van der Waals surface area contributed by atoms with Gasteiger partial charge in [-0.3, -0.25) is 0 Å². The maximum atomic E-state index is 5.64. The van der Waals surface area contributed by atoms with Crippen LogP contribution in [-0.4, -0.2) is 6.61 Å². The number of ether oxygens (including phenoxy) is 1. The molecule has 0 bridgehead atoms. The first-order valence-corrected chi connectivity index (χ1v) is 4.84. The molecular formula is C12H17NO. The van der Waals surface area contributed by atoms with Crippen molar-refractivity contribution in [1.82, 2.24) is 0 Å². The van der Waals surface area contributed by atoms with Gasteiger partial charge in [0.1, 0.15) is 5.75 Å². The van der Waals surface area contributed by atoms with E-state index < -0.39 is 0 Å². The van der Waals surface area contributed by atoms with Crippen molar-refractivity contribution >= 4 is 5.69 Å². The molecule has 1 aromatic carbocycles. The Balaban J connectivity index is 2.46. The zero-order valence-corrected chi connectivity index (χ0v) is 8.62. The van der Waals surface area contributed by atoms with E-state index in [1.54, 1.807) is 0 Å². The molecule has 0 aliphatic carbocycles. The molecule has 1 rings (SSSR count). The molecule has 76 valence electrons. The third-order valence-corrected chi connectivity index (χ3v) is 2.01. The van der Waals surface area contributed by atoms with Crippen LogP contribution in [0.25, 0.3) is 0 Å². The summed E-state index contributed by atoms with van der Waals surface area (Å²) in [6, 6.07) is 5.69. The molecular weight excluding hydrogens is 174 g/mol. The van der Waals surface area contributed by atoms with E-state index in [0.717, 1.165) is 36.4 Å². The molecule has 0 saturated carbocycles. The van der Waals surface area contributed by atoms with Crippen molar-refractivity contribution in [2.75, 3.05) is 12.3 Å². The van der Waals surface area contributed by atoms with Crippen LogP contribution < -0.4 is 10.5 Å². The van der Waals surface area contributed by atoms with E-state index in [-0.39, 0.29) is 0 Å². The molecule has 0 unspecified atom stereocenters. The van der Waals surface area contributed by atoms with Crippen molar-refractivity contribution in [1.29, 1.82) is 0 Å². The molecule has 0 amide bonds. The van der Waals surface area contributed by atoms with E-state index in [4.69, 9.17) is 10.5 Å². The zero-order chi connectivity index (χ0) is 10.4. The van der Waals surface area contributed by atoms with Crippen LogP contribution in [0, 0.1) is 6.92 Å². The van der Waals surface area contributed by atoms with Crippen LogP contribution in [-0.2, 0) is 0 Å². The Bertz CT molecular complexity index is 307. The average Bonchev–Trinajstić information content (AvgIpc) is 2.15. The smallest absolute Gasteiger partial charge is 0.122 e. The van der Waals surface area contributed by atoms with E-state index >= 15 is 0 Å². The van der Waals surface area contributed by atoms with Crippen LogP contribution in [0.1, 0.15) is 18.4 Å². The highest BCUT2D eigenvalue weighted by atomic mass is 16.5. The minimum absolute atomic E-state index is 0.733. The first kappa shape index (κ1) is 10.6. The zero-order valence-electron chi connectivity index (χ0n) is 8.62. The van der Waals surface area contributed by atoms with Crippen LogP contribution in [0.2, 0.25) is 0 Å². The topological polar surface area (TPSA) is 35.2 Å². The highest BCUT2D eigenvalue weighted by Crippen LogP contribution is 2.20. The fraction of sp³-hybridized carbons (Fsp3) is 0.333. The monoisotopic (exact) mass is 191 g/mol. The third kappa shape index (κ3) is 3.13. The summed E-state index contributed by atoms with van der Waals surface area (Å²) in [5.74, 6) is 0.920. The van der Waals surface area contributed by atoms with Crippen molar-refractivity contribution in [3.63, 3.8) is 0 Å². The number of hydrogen-bond donors (Lipinski definition) is 1. The highest BCUT2D eigenvalue weighted by Gasteiger charge is 1.98. The van der Waals surface area contributed by atoms with Gasteiger partial charge in [-0.2, -0.15) is 0 Å². The number of rotatable bonds is 5. The molecule has 2 nitrogen and oxygen atoms in total. The number of aryl methyl sites for hydroxylation is 1. The minimum Gasteiger partial charge on any atom is -0.493 e. The molecule has 2 heteroatoms. The maximum absolute atomic E-state index is 5.64. The molecule has 0 saturated heterocycles. The fourth-order valence-corrected chi connectivity index (χ4v) is 1.24. The van der Waals surface area contributed by atoms with Gasteiger partial charge in [0, 0.05) is 5.69 Å². The predicted molar refractivity (Wildman–Crippen MR) is 60.5 cm³/mol. The average molecular weight is 191 g/mol. The Morgan fingerprint density at radius 3 is 2.93 bits per heavy atom. The molecule has 0 aliphatic rings. The molecule has 0 aromatic heterocycles. The van der Waals surface area contributed by atoms with Gasteiger partial charge in [0.25, 0.3) is 0 Å². The van der Waals surface area contributed by atoms with Crippen molar-refractivity contribution in [2.45, 2.75) is 19.8 Å². The summed E-state index contributed by atoms with van der Waals surface area (Å²) in [5.41, 5.74) is 7.50. The number of nitrogens with two attached hydrogens (primary N) is 1. The summed E-state index contributed by atoms with van der Waals surface area (Å²) in [6.07, 6.45) is 3.90. The number of nitrogen functional groups attached to an aromatic ring is 1. The lowest BCUT2D eigenvalue weighted by atomic mass is 10.2. The van der Waals surface area contributed by atoms with Gasteiger partial charge in [0.15, 0.2) is 0 Å². The lowest BCUT2D eigenvalue weighted by Gasteiger charge is -2.08. The Hall–Kier alpha value is -1.44. The predicted octanol–water partition coefficient (Wildman–Crippen LogP) is 2.92. The summed E-state index contributed by atoms with van der Waals surface area (Å²) in [5, 5.41) is 0. The summed E-state index contributed by atoms with van der Waals surface area (Å²) in [7, 11) is 0. The molecule has 0 heterocycles. The molecule has 0 atom stereocenters. The van der Waals surface area contributed by atoms with Gasteiger partial charge < -0.3 is 10.5 Å². The van der Waals surface area contributed by atoms with E-state index in [1.807, 2.05) is 31.2 Å². The quantitative estimate of drug-likeness (QED) is 0.441. The van der Waals surface area contributed by atoms with Crippen LogP contribution in [0.5, 0.6) is 5.75 Å². The van der Waals surface area contributed by atoms with Gasteiger partial charge in [-0.25, -0.2) is 0 Å². The van der Waals surface area contributed by atoms with Crippen molar-refractivity contribution in [3.8, 4) is 5.75 Å². The lowest BCUT2D eigenvalue weighted by molar-refractivity contribution is 0.310. The van der Waals surface area contributed by atoms with Crippen LogP contribution in [0.15, 0.2) is 30.9 Å². The van der Waals surface area contributed by atoms with E-state index in [1.165, 1.54) is 0 Å². The van der Waals surface area contributed by atoms with Gasteiger partial charge in [-0.15, -0.1) is 6.58 Å². The number of anilines is 1. The molecule has 0 spiro atoms. The summed E-state index contributed by atoms with van der Waals surface area (Å²) in [6.45, 7) is 6.39. The second-order valence-electron chi connectivity index (χ2n) is 3.30. The second kappa shape index (κ2) is 5.32. The largest absolute Gasteiger partial charge is 0.493 e.